The number of hydrogen-bond acceptors (Lipinski definition) is 0. The van der Waals surface area contributed by atoms with E-state index in [0.29, 0.717) is 22.6 Å². The highest BCUT2D eigenvalue weighted by molar-refractivity contribution is 5.94. The standard InChI is InChI=1S/C33H23F5/c1-2-3-6-21-9-11-22(12-10-21)23-13-16-27-24(19-23)14-17-29(32(27)35)28-8-5-4-7-26(28)25-15-18-30(31(34)20-25)33(36,37)38/h2,4-5,7-20H,1,3,6H2. The van der Waals surface area contributed by atoms with Gasteiger partial charge in [-0.25, -0.2) is 8.78 Å². The average Bonchev–Trinajstić information content (AvgIpc) is 2.91. The van der Waals surface area contributed by atoms with Gasteiger partial charge in [0.15, 0.2) is 0 Å². The van der Waals surface area contributed by atoms with Crippen molar-refractivity contribution in [3.63, 3.8) is 0 Å². The van der Waals surface area contributed by atoms with Crippen LogP contribution >= 0.6 is 0 Å². The fourth-order valence-corrected chi connectivity index (χ4v) is 4.69. The molecule has 0 heterocycles. The van der Waals surface area contributed by atoms with Crippen LogP contribution in [0.15, 0.2) is 110 Å². The predicted octanol–water partition coefficient (Wildman–Crippen LogP) is 10.3. The van der Waals surface area contributed by atoms with Gasteiger partial charge in [-0.05, 0) is 69.8 Å². The van der Waals surface area contributed by atoms with Crippen LogP contribution in [-0.2, 0) is 12.6 Å². The lowest BCUT2D eigenvalue weighted by Crippen LogP contribution is -2.07. The van der Waals surface area contributed by atoms with Gasteiger partial charge in [-0.3, -0.25) is 0 Å². The third-order valence-corrected chi connectivity index (χ3v) is 6.68. The van der Waals surface area contributed by atoms with Crippen molar-refractivity contribution in [1.82, 2.24) is 0 Å². The van der Waals surface area contributed by atoms with Crippen LogP contribution in [0.4, 0.5) is 22.0 Å². The molecule has 5 rings (SSSR count). The van der Waals surface area contributed by atoms with Crippen LogP contribution in [0.2, 0.25) is 0 Å². The molecular formula is C33H23F5. The fourth-order valence-electron chi connectivity index (χ4n) is 4.69. The molecule has 0 unspecified atom stereocenters. The highest BCUT2D eigenvalue weighted by atomic mass is 19.4. The molecule has 5 aromatic rings. The zero-order valence-corrected chi connectivity index (χ0v) is 20.3. The Kier molecular flexibility index (Phi) is 6.85. The molecule has 0 aromatic heterocycles. The summed E-state index contributed by atoms with van der Waals surface area (Å²) >= 11 is 0. The van der Waals surface area contributed by atoms with E-state index in [1.807, 2.05) is 36.4 Å². The number of aryl methyl sites for hydroxylation is 1. The first-order valence-corrected chi connectivity index (χ1v) is 12.2. The Hall–Kier alpha value is -4.25. The lowest BCUT2D eigenvalue weighted by molar-refractivity contribution is -0.139. The first-order valence-electron chi connectivity index (χ1n) is 12.2. The van der Waals surface area contributed by atoms with Gasteiger partial charge in [0.05, 0.1) is 5.56 Å². The Bertz CT molecular complexity index is 1630. The molecule has 0 nitrogen and oxygen atoms in total. The summed E-state index contributed by atoms with van der Waals surface area (Å²) in [6.45, 7) is 3.75. The molecule has 190 valence electrons. The number of rotatable bonds is 6. The second-order valence-electron chi connectivity index (χ2n) is 9.13. The smallest absolute Gasteiger partial charge is 0.206 e. The van der Waals surface area contributed by atoms with Crippen molar-refractivity contribution in [2.75, 3.05) is 0 Å². The van der Waals surface area contributed by atoms with E-state index in [4.69, 9.17) is 0 Å². The molecule has 0 aliphatic rings. The van der Waals surface area contributed by atoms with E-state index in [1.165, 1.54) is 11.6 Å². The van der Waals surface area contributed by atoms with Gasteiger partial charge >= 0.3 is 6.18 Å². The number of halogens is 5. The molecule has 38 heavy (non-hydrogen) atoms. The van der Waals surface area contributed by atoms with E-state index in [9.17, 15) is 17.6 Å². The Morgan fingerprint density at radius 1 is 0.658 bits per heavy atom. The summed E-state index contributed by atoms with van der Waals surface area (Å²) in [4.78, 5) is 0. The monoisotopic (exact) mass is 514 g/mol. The van der Waals surface area contributed by atoms with E-state index >= 15 is 4.39 Å². The molecule has 5 aromatic carbocycles. The normalized spacial score (nSPS) is 11.6. The SMILES string of the molecule is C=CCCc1ccc(-c2ccc3c(F)c(-c4ccccc4-c4ccc(C(F)(F)F)c(F)c4)ccc3c2)cc1. The van der Waals surface area contributed by atoms with Gasteiger partial charge in [0.2, 0.25) is 0 Å². The summed E-state index contributed by atoms with van der Waals surface area (Å²) in [5, 5.41) is 1.14. The predicted molar refractivity (Wildman–Crippen MR) is 144 cm³/mol. The van der Waals surface area contributed by atoms with Crippen molar-refractivity contribution in [2.45, 2.75) is 19.0 Å². The number of fused-ring (bicyclic) bond motifs is 1. The molecule has 0 fully saturated rings. The van der Waals surface area contributed by atoms with Gasteiger partial charge in [-0.2, -0.15) is 13.2 Å². The van der Waals surface area contributed by atoms with E-state index in [1.54, 1.807) is 36.4 Å². The first-order chi connectivity index (χ1) is 18.3. The Labute approximate surface area is 217 Å². The summed E-state index contributed by atoms with van der Waals surface area (Å²) in [6.07, 6.45) is -1.07. The van der Waals surface area contributed by atoms with Crippen molar-refractivity contribution in [1.29, 1.82) is 0 Å². The molecule has 0 spiro atoms. The summed E-state index contributed by atoms with van der Waals surface area (Å²) < 4.78 is 69.2. The largest absolute Gasteiger partial charge is 0.419 e. The molecule has 5 heteroatoms. The van der Waals surface area contributed by atoms with Crippen LogP contribution in [0, 0.1) is 11.6 Å². The minimum absolute atomic E-state index is 0.234. The number of allylic oxidation sites excluding steroid dienone is 1. The van der Waals surface area contributed by atoms with Crippen LogP contribution in [0.25, 0.3) is 44.2 Å². The molecule has 0 amide bonds. The molecule has 0 N–H and O–H groups in total. The third-order valence-electron chi connectivity index (χ3n) is 6.68. The van der Waals surface area contributed by atoms with Gasteiger partial charge in [-0.15, -0.1) is 6.58 Å². The highest BCUT2D eigenvalue weighted by Gasteiger charge is 2.34. The highest BCUT2D eigenvalue weighted by Crippen LogP contribution is 2.39. The van der Waals surface area contributed by atoms with Crippen molar-refractivity contribution in [3.8, 4) is 33.4 Å². The Morgan fingerprint density at radius 2 is 1.34 bits per heavy atom. The Morgan fingerprint density at radius 3 is 2.03 bits per heavy atom. The number of alkyl halides is 3. The molecule has 0 saturated carbocycles. The van der Waals surface area contributed by atoms with Gasteiger partial charge in [0.1, 0.15) is 11.6 Å². The minimum Gasteiger partial charge on any atom is -0.206 e. The summed E-state index contributed by atoms with van der Waals surface area (Å²) in [5.41, 5.74) is 3.28. The maximum absolute atomic E-state index is 15.8. The van der Waals surface area contributed by atoms with Crippen molar-refractivity contribution in [2.24, 2.45) is 0 Å². The molecule has 0 atom stereocenters. The van der Waals surface area contributed by atoms with Crippen LogP contribution in [-0.4, -0.2) is 0 Å². The lowest BCUT2D eigenvalue weighted by atomic mass is 9.91. The topological polar surface area (TPSA) is 0 Å². The molecule has 0 radical (unpaired) electrons. The molecule has 0 saturated heterocycles. The maximum atomic E-state index is 15.8. The number of hydrogen-bond donors (Lipinski definition) is 0. The molecule has 0 bridgehead atoms. The van der Waals surface area contributed by atoms with E-state index < -0.39 is 23.4 Å². The van der Waals surface area contributed by atoms with Crippen molar-refractivity contribution in [3.05, 3.63) is 132 Å². The van der Waals surface area contributed by atoms with Gasteiger partial charge in [0.25, 0.3) is 0 Å². The summed E-state index contributed by atoms with van der Waals surface area (Å²) in [5.74, 6) is -1.82. The van der Waals surface area contributed by atoms with Crippen LogP contribution < -0.4 is 0 Å². The van der Waals surface area contributed by atoms with Crippen LogP contribution in [0.5, 0.6) is 0 Å². The molecular weight excluding hydrogens is 491 g/mol. The maximum Gasteiger partial charge on any atom is 0.419 e. The third kappa shape index (κ3) is 4.97. The van der Waals surface area contributed by atoms with E-state index in [2.05, 4.69) is 18.7 Å². The zero-order valence-electron chi connectivity index (χ0n) is 20.3. The molecule has 0 aliphatic heterocycles. The van der Waals surface area contributed by atoms with Gasteiger partial charge in [-0.1, -0.05) is 84.9 Å². The quantitative estimate of drug-likeness (QED) is 0.156. The molecule has 0 aliphatic carbocycles. The zero-order chi connectivity index (χ0) is 26.9. The van der Waals surface area contributed by atoms with Crippen LogP contribution in [0.1, 0.15) is 17.5 Å². The van der Waals surface area contributed by atoms with E-state index in [-0.39, 0.29) is 11.1 Å². The summed E-state index contributed by atoms with van der Waals surface area (Å²) in [6, 6.07) is 26.7. The van der Waals surface area contributed by atoms with Gasteiger partial charge in [0, 0.05) is 10.9 Å². The minimum atomic E-state index is -4.79. The second kappa shape index (κ2) is 10.3. The van der Waals surface area contributed by atoms with Crippen molar-refractivity contribution >= 4 is 10.8 Å². The lowest BCUT2D eigenvalue weighted by Gasteiger charge is -2.14. The van der Waals surface area contributed by atoms with Crippen LogP contribution in [0.3, 0.4) is 0 Å². The summed E-state index contributed by atoms with van der Waals surface area (Å²) in [7, 11) is 0. The second-order valence-corrected chi connectivity index (χ2v) is 9.13. The average molecular weight is 515 g/mol. The first kappa shape index (κ1) is 25.4. The van der Waals surface area contributed by atoms with Crippen molar-refractivity contribution < 1.29 is 22.0 Å². The van der Waals surface area contributed by atoms with E-state index in [0.717, 1.165) is 35.4 Å². The number of benzene rings is 5. The van der Waals surface area contributed by atoms with Gasteiger partial charge < -0.3 is 0 Å². The Balaban J connectivity index is 1.53. The fraction of sp³-hybridized carbons (Fsp3) is 0.0909.